The van der Waals surface area contributed by atoms with E-state index in [0.717, 1.165) is 23.9 Å². The number of carbonyl (C=O) groups excluding carboxylic acids is 1. The number of carbonyl (C=O) groups is 1. The van der Waals surface area contributed by atoms with Crippen molar-refractivity contribution in [1.29, 1.82) is 0 Å². The van der Waals surface area contributed by atoms with Gasteiger partial charge in [-0.2, -0.15) is 13.2 Å². The first-order valence-corrected chi connectivity index (χ1v) is 10.1. The lowest BCUT2D eigenvalue weighted by molar-refractivity contribution is -0.137. The van der Waals surface area contributed by atoms with Crippen molar-refractivity contribution in [1.82, 2.24) is 14.8 Å². The van der Waals surface area contributed by atoms with Crippen LogP contribution >= 0.6 is 11.8 Å². The van der Waals surface area contributed by atoms with Crippen molar-refractivity contribution in [2.24, 2.45) is 0 Å². The second-order valence-electron chi connectivity index (χ2n) is 6.62. The number of ether oxygens (including phenoxy) is 2. The summed E-state index contributed by atoms with van der Waals surface area (Å²) in [6.07, 6.45) is -4.50. The molecule has 0 spiro atoms. The zero-order chi connectivity index (χ0) is 22.6. The van der Waals surface area contributed by atoms with E-state index in [-0.39, 0.29) is 18.1 Å². The molecule has 0 saturated heterocycles. The number of methoxy groups -OCH3 is 1. The highest BCUT2D eigenvalue weighted by atomic mass is 32.2. The van der Waals surface area contributed by atoms with Gasteiger partial charge in [0.2, 0.25) is 0 Å². The second kappa shape index (κ2) is 9.42. The Hall–Kier alpha value is -3.01. The van der Waals surface area contributed by atoms with Crippen molar-refractivity contribution in [2.75, 3.05) is 7.11 Å². The quantitative estimate of drug-likeness (QED) is 0.452. The predicted molar refractivity (Wildman–Crippen MR) is 110 cm³/mol. The Bertz CT molecular complexity index is 1050. The van der Waals surface area contributed by atoms with Crippen molar-refractivity contribution in [2.45, 2.75) is 37.0 Å². The Labute approximate surface area is 181 Å². The van der Waals surface area contributed by atoms with Crippen LogP contribution < -0.4 is 9.47 Å². The van der Waals surface area contributed by atoms with Gasteiger partial charge in [-0.25, -0.2) is 0 Å². The Kier molecular flexibility index (Phi) is 6.89. The van der Waals surface area contributed by atoms with Gasteiger partial charge in [-0.15, -0.1) is 10.2 Å². The zero-order valence-corrected chi connectivity index (χ0v) is 17.8. The number of hydrogen-bond acceptors (Lipinski definition) is 6. The molecular weight excluding hydrogens is 431 g/mol. The smallest absolute Gasteiger partial charge is 0.416 e. The molecule has 164 valence electrons. The molecule has 0 fully saturated rings. The summed E-state index contributed by atoms with van der Waals surface area (Å²) in [5.74, 6) is 1.41. The minimum absolute atomic E-state index is 0.0371. The number of hydrogen-bond donors (Lipinski definition) is 0. The number of rotatable bonds is 8. The molecule has 0 aliphatic heterocycles. The molecular formula is C21H20F3N3O3S. The summed E-state index contributed by atoms with van der Waals surface area (Å²) in [4.78, 5) is 11.7. The maximum atomic E-state index is 13.2. The van der Waals surface area contributed by atoms with Gasteiger partial charge in [0.1, 0.15) is 23.9 Å². The highest BCUT2D eigenvalue weighted by Crippen LogP contribution is 2.32. The molecule has 0 amide bonds. The number of ketones is 1. The molecule has 2 aromatic carbocycles. The first-order valence-electron chi connectivity index (χ1n) is 9.25. The van der Waals surface area contributed by atoms with Gasteiger partial charge in [-0.3, -0.25) is 9.36 Å². The van der Waals surface area contributed by atoms with Crippen molar-refractivity contribution in [3.05, 3.63) is 59.9 Å². The fraction of sp³-hybridized carbons (Fsp3) is 0.286. The summed E-state index contributed by atoms with van der Waals surface area (Å²) in [5.41, 5.74) is -0.567. The summed E-state index contributed by atoms with van der Waals surface area (Å²) in [6, 6.07) is 11.7. The molecule has 0 aliphatic rings. The van der Waals surface area contributed by atoms with Gasteiger partial charge in [0.25, 0.3) is 0 Å². The maximum absolute atomic E-state index is 13.2. The molecule has 31 heavy (non-hydrogen) atoms. The van der Waals surface area contributed by atoms with Crippen LogP contribution in [0.5, 0.6) is 11.5 Å². The van der Waals surface area contributed by atoms with Gasteiger partial charge in [-0.05, 0) is 56.3 Å². The SMILES string of the molecule is COc1ccc(OCc2nnc(S[C@H](C)C(C)=O)n2-c2cccc(C(F)(F)F)c2)cc1. The fourth-order valence-electron chi connectivity index (χ4n) is 2.61. The summed E-state index contributed by atoms with van der Waals surface area (Å²) < 4.78 is 52.0. The van der Waals surface area contributed by atoms with Crippen LogP contribution in [-0.4, -0.2) is 32.9 Å². The van der Waals surface area contributed by atoms with Gasteiger partial charge in [0, 0.05) is 0 Å². The van der Waals surface area contributed by atoms with Gasteiger partial charge >= 0.3 is 6.18 Å². The van der Waals surface area contributed by atoms with Crippen LogP contribution in [0.1, 0.15) is 25.2 Å². The molecule has 10 heteroatoms. The number of aromatic nitrogens is 3. The van der Waals surface area contributed by atoms with E-state index in [1.807, 2.05) is 0 Å². The number of alkyl halides is 3. The lowest BCUT2D eigenvalue weighted by Crippen LogP contribution is -2.12. The van der Waals surface area contributed by atoms with E-state index in [2.05, 4.69) is 10.2 Å². The summed E-state index contributed by atoms with van der Waals surface area (Å²) in [6.45, 7) is 3.10. The normalized spacial score (nSPS) is 12.5. The third kappa shape index (κ3) is 5.57. The van der Waals surface area contributed by atoms with Gasteiger partial charge < -0.3 is 9.47 Å². The van der Waals surface area contributed by atoms with Crippen LogP contribution in [-0.2, 0) is 17.6 Å². The number of thioether (sulfide) groups is 1. The summed E-state index contributed by atoms with van der Waals surface area (Å²) in [7, 11) is 1.55. The fourth-order valence-corrected chi connectivity index (χ4v) is 3.50. The highest BCUT2D eigenvalue weighted by molar-refractivity contribution is 8.00. The van der Waals surface area contributed by atoms with E-state index < -0.39 is 17.0 Å². The van der Waals surface area contributed by atoms with Crippen LogP contribution in [0, 0.1) is 0 Å². The van der Waals surface area contributed by atoms with Crippen LogP contribution in [0.25, 0.3) is 5.69 Å². The minimum Gasteiger partial charge on any atom is -0.497 e. The van der Waals surface area contributed by atoms with Gasteiger partial charge in [-0.1, -0.05) is 17.8 Å². The van der Waals surface area contributed by atoms with E-state index in [4.69, 9.17) is 9.47 Å². The monoisotopic (exact) mass is 451 g/mol. The molecule has 1 atom stereocenters. The molecule has 0 radical (unpaired) electrons. The first kappa shape index (κ1) is 22.7. The van der Waals surface area contributed by atoms with Crippen LogP contribution in [0.2, 0.25) is 0 Å². The van der Waals surface area contributed by atoms with Crippen LogP contribution in [0.15, 0.2) is 53.7 Å². The van der Waals surface area contributed by atoms with Crippen LogP contribution in [0.4, 0.5) is 13.2 Å². The molecule has 1 aromatic heterocycles. The first-order chi connectivity index (χ1) is 14.7. The lowest BCUT2D eigenvalue weighted by Gasteiger charge is -2.14. The summed E-state index contributed by atoms with van der Waals surface area (Å²) in [5, 5.41) is 8.04. The molecule has 0 saturated carbocycles. The predicted octanol–water partition coefficient (Wildman–Crippen LogP) is 4.94. The standard InChI is InChI=1S/C21H20F3N3O3S/c1-13(28)14(2)31-20-26-25-19(12-30-18-9-7-17(29-3)8-10-18)27(20)16-6-4-5-15(11-16)21(22,23)24/h4-11,14H,12H2,1-3H3/t14-/m1/s1. The number of benzene rings is 2. The molecule has 1 heterocycles. The van der Waals surface area contributed by atoms with E-state index in [1.54, 1.807) is 38.3 Å². The van der Waals surface area contributed by atoms with E-state index in [9.17, 15) is 18.0 Å². The van der Waals surface area contributed by atoms with Crippen molar-refractivity contribution in [3.63, 3.8) is 0 Å². The van der Waals surface area contributed by atoms with Crippen molar-refractivity contribution >= 4 is 17.5 Å². The van der Waals surface area contributed by atoms with Gasteiger partial charge in [0.15, 0.2) is 11.0 Å². The maximum Gasteiger partial charge on any atom is 0.416 e. The molecule has 0 bridgehead atoms. The van der Waals surface area contributed by atoms with Crippen LogP contribution in [0.3, 0.4) is 0 Å². The molecule has 0 N–H and O–H groups in total. The third-order valence-electron chi connectivity index (χ3n) is 4.41. The second-order valence-corrected chi connectivity index (χ2v) is 7.93. The molecule has 6 nitrogen and oxygen atoms in total. The molecule has 3 aromatic rings. The Morgan fingerprint density at radius 1 is 1.13 bits per heavy atom. The zero-order valence-electron chi connectivity index (χ0n) is 17.0. The number of halogens is 3. The van der Waals surface area contributed by atoms with E-state index >= 15 is 0 Å². The Morgan fingerprint density at radius 3 is 2.42 bits per heavy atom. The average molecular weight is 451 g/mol. The van der Waals surface area contributed by atoms with Crippen molar-refractivity contribution in [3.8, 4) is 17.2 Å². The lowest BCUT2D eigenvalue weighted by atomic mass is 10.2. The third-order valence-corrected chi connectivity index (χ3v) is 5.57. The largest absolute Gasteiger partial charge is 0.497 e. The number of nitrogens with zero attached hydrogens (tertiary/aromatic N) is 3. The average Bonchev–Trinajstić information content (AvgIpc) is 3.14. The van der Waals surface area contributed by atoms with E-state index in [1.165, 1.54) is 23.6 Å². The van der Waals surface area contributed by atoms with Crippen molar-refractivity contribution < 1.29 is 27.4 Å². The molecule has 0 aliphatic carbocycles. The molecule has 3 rings (SSSR count). The topological polar surface area (TPSA) is 66.2 Å². The summed E-state index contributed by atoms with van der Waals surface area (Å²) >= 11 is 1.12. The highest BCUT2D eigenvalue weighted by Gasteiger charge is 2.31. The minimum atomic E-state index is -4.50. The number of Topliss-reactive ketones (excluding diaryl/α,β-unsaturated/α-hetero) is 1. The molecule has 0 unspecified atom stereocenters. The van der Waals surface area contributed by atoms with Gasteiger partial charge in [0.05, 0.1) is 23.6 Å². The Balaban J connectivity index is 1.95. The van der Waals surface area contributed by atoms with E-state index in [0.29, 0.717) is 22.5 Å². The Morgan fingerprint density at radius 2 is 1.81 bits per heavy atom.